The fourth-order valence-electron chi connectivity index (χ4n) is 2.85. The van der Waals surface area contributed by atoms with E-state index in [0.717, 1.165) is 12.8 Å². The van der Waals surface area contributed by atoms with Crippen LogP contribution in [0.15, 0.2) is 12.2 Å². The van der Waals surface area contributed by atoms with E-state index in [0.29, 0.717) is 15.8 Å². The molecule has 2 nitrogen and oxygen atoms in total. The van der Waals surface area contributed by atoms with Gasteiger partial charge in [0.25, 0.3) is 0 Å². The first-order valence-electron chi connectivity index (χ1n) is 6.54. The van der Waals surface area contributed by atoms with Gasteiger partial charge in [-0.15, -0.1) is 0 Å². The molecule has 3 heteroatoms. The highest BCUT2D eigenvalue weighted by atomic mass is 127. The van der Waals surface area contributed by atoms with Crippen LogP contribution in [0.4, 0.5) is 0 Å². The molecule has 1 aliphatic rings. The van der Waals surface area contributed by atoms with Crippen LogP contribution in [0.3, 0.4) is 0 Å². The lowest BCUT2D eigenvalue weighted by Gasteiger charge is -2.24. The first-order chi connectivity index (χ1) is 8.06. The van der Waals surface area contributed by atoms with Gasteiger partial charge in [0.15, 0.2) is 0 Å². The van der Waals surface area contributed by atoms with Crippen LogP contribution >= 0.6 is 22.6 Å². The Morgan fingerprint density at radius 2 is 2.12 bits per heavy atom. The van der Waals surface area contributed by atoms with E-state index in [1.807, 2.05) is 6.92 Å². The first-order valence-corrected chi connectivity index (χ1v) is 7.78. The monoisotopic (exact) mass is 350 g/mol. The Morgan fingerprint density at radius 3 is 2.53 bits per heavy atom. The summed E-state index contributed by atoms with van der Waals surface area (Å²) in [7, 11) is 0. The van der Waals surface area contributed by atoms with Crippen molar-refractivity contribution in [3.63, 3.8) is 0 Å². The van der Waals surface area contributed by atoms with Gasteiger partial charge in [0.05, 0.1) is 5.92 Å². The predicted molar refractivity (Wildman–Crippen MR) is 79.2 cm³/mol. The van der Waals surface area contributed by atoms with Crippen LogP contribution in [0.25, 0.3) is 0 Å². The molecule has 0 spiro atoms. The Hall–Kier alpha value is -0.0600. The van der Waals surface area contributed by atoms with Gasteiger partial charge in [0.1, 0.15) is 6.10 Å². The zero-order chi connectivity index (χ0) is 13.0. The average molecular weight is 350 g/mol. The minimum Gasteiger partial charge on any atom is -0.461 e. The smallest absolute Gasteiger partial charge is 0.310 e. The quantitative estimate of drug-likeness (QED) is 0.325. The van der Waals surface area contributed by atoms with Crippen molar-refractivity contribution in [2.75, 3.05) is 0 Å². The number of ether oxygens (including phenoxy) is 1. The number of hydrogen-bond acceptors (Lipinski definition) is 2. The summed E-state index contributed by atoms with van der Waals surface area (Å²) in [5.74, 6) is 0.770. The molecule has 0 bridgehead atoms. The molecule has 0 amide bonds. The summed E-state index contributed by atoms with van der Waals surface area (Å²) < 4.78 is 5.97. The summed E-state index contributed by atoms with van der Waals surface area (Å²) in [5.41, 5.74) is 0. The second kappa shape index (κ2) is 6.76. The predicted octanol–water partition coefficient (Wildman–Crippen LogP) is 3.98. The average Bonchev–Trinajstić information content (AvgIpc) is 2.63. The standard InChI is InChI=1S/C14H23IO2/c1-5-8-10(6-2)12-11(7-3)13(9(4)15)17-14(12)16/h5,8-13H,6-7H2,1-4H3/b8-5+/t9-,10+,11-,12-,13-/m0/s1. The molecule has 0 N–H and O–H groups in total. The molecule has 0 aromatic rings. The molecule has 0 unspecified atom stereocenters. The van der Waals surface area contributed by atoms with E-state index in [9.17, 15) is 4.79 Å². The zero-order valence-electron chi connectivity index (χ0n) is 11.2. The van der Waals surface area contributed by atoms with Crippen LogP contribution in [0.5, 0.6) is 0 Å². The lowest BCUT2D eigenvalue weighted by Crippen LogP contribution is -2.29. The molecule has 5 atom stereocenters. The highest BCUT2D eigenvalue weighted by Crippen LogP contribution is 2.40. The summed E-state index contributed by atoms with van der Waals surface area (Å²) in [4.78, 5) is 12.1. The molecular formula is C14H23IO2. The minimum atomic E-state index is 0.00955. The number of halogens is 1. The van der Waals surface area contributed by atoms with Gasteiger partial charge in [-0.25, -0.2) is 0 Å². The molecule has 0 aromatic heterocycles. The van der Waals surface area contributed by atoms with Crippen molar-refractivity contribution in [3.05, 3.63) is 12.2 Å². The van der Waals surface area contributed by atoms with Gasteiger partial charge < -0.3 is 4.74 Å². The molecule has 0 aliphatic carbocycles. The first kappa shape index (κ1) is 15.0. The largest absolute Gasteiger partial charge is 0.461 e. The third kappa shape index (κ3) is 3.24. The van der Waals surface area contributed by atoms with Crippen LogP contribution in [-0.2, 0) is 9.53 Å². The maximum absolute atomic E-state index is 12.1. The lowest BCUT2D eigenvalue weighted by atomic mass is 9.77. The van der Waals surface area contributed by atoms with E-state index in [2.05, 4.69) is 55.5 Å². The highest BCUT2D eigenvalue weighted by molar-refractivity contribution is 14.1. The maximum Gasteiger partial charge on any atom is 0.310 e. The third-order valence-electron chi connectivity index (χ3n) is 3.70. The van der Waals surface area contributed by atoms with Gasteiger partial charge >= 0.3 is 5.97 Å². The van der Waals surface area contributed by atoms with Crippen LogP contribution in [-0.4, -0.2) is 16.0 Å². The fourth-order valence-corrected chi connectivity index (χ4v) is 3.53. The number of cyclic esters (lactones) is 1. The topological polar surface area (TPSA) is 26.3 Å². The summed E-state index contributed by atoms with van der Waals surface area (Å²) >= 11 is 2.36. The van der Waals surface area contributed by atoms with Crippen molar-refractivity contribution in [1.29, 1.82) is 0 Å². The highest BCUT2D eigenvalue weighted by Gasteiger charge is 2.47. The van der Waals surface area contributed by atoms with E-state index >= 15 is 0 Å². The number of hydrogen-bond donors (Lipinski definition) is 0. The number of alkyl halides is 1. The van der Waals surface area contributed by atoms with Crippen LogP contribution < -0.4 is 0 Å². The second-order valence-corrected chi connectivity index (χ2v) is 6.74. The summed E-state index contributed by atoms with van der Waals surface area (Å²) in [6.45, 7) is 8.45. The van der Waals surface area contributed by atoms with Gasteiger partial charge in [-0.2, -0.15) is 0 Å². The van der Waals surface area contributed by atoms with Crippen molar-refractivity contribution < 1.29 is 9.53 Å². The van der Waals surface area contributed by atoms with Crippen LogP contribution in [0.1, 0.15) is 40.5 Å². The molecule has 17 heavy (non-hydrogen) atoms. The van der Waals surface area contributed by atoms with E-state index in [-0.39, 0.29) is 18.0 Å². The van der Waals surface area contributed by atoms with Crippen molar-refractivity contribution >= 4 is 28.6 Å². The Kier molecular flexibility index (Phi) is 5.97. The van der Waals surface area contributed by atoms with Crippen LogP contribution in [0.2, 0.25) is 0 Å². The van der Waals surface area contributed by atoms with Crippen molar-refractivity contribution in [1.82, 2.24) is 0 Å². The molecule has 1 saturated heterocycles. The zero-order valence-corrected chi connectivity index (χ0v) is 13.3. The second-order valence-electron chi connectivity index (χ2n) is 4.77. The number of rotatable bonds is 5. The van der Waals surface area contributed by atoms with E-state index in [1.54, 1.807) is 0 Å². The fraction of sp³-hybridized carbons (Fsp3) is 0.786. The van der Waals surface area contributed by atoms with Gasteiger partial charge in [-0.3, -0.25) is 4.79 Å². The number of allylic oxidation sites excluding steroid dienone is 2. The molecule has 1 heterocycles. The third-order valence-corrected chi connectivity index (χ3v) is 4.41. The molecular weight excluding hydrogens is 327 g/mol. The molecule has 1 rings (SSSR count). The normalized spacial score (nSPS) is 32.8. The maximum atomic E-state index is 12.1. The lowest BCUT2D eigenvalue weighted by molar-refractivity contribution is -0.144. The van der Waals surface area contributed by atoms with Gasteiger partial charge in [0, 0.05) is 9.84 Å². The van der Waals surface area contributed by atoms with Crippen LogP contribution in [0, 0.1) is 17.8 Å². The minimum absolute atomic E-state index is 0.00955. The SMILES string of the molecule is C/C=C/[C@@H](CC)[C@@H]1C(=O)O[C@@H]([C@H](C)I)[C@H]1CC. The van der Waals surface area contributed by atoms with Crippen molar-refractivity contribution in [3.8, 4) is 0 Å². The Bertz CT molecular complexity index is 286. The van der Waals surface area contributed by atoms with Crippen molar-refractivity contribution in [2.45, 2.75) is 50.6 Å². The molecule has 1 fully saturated rings. The van der Waals surface area contributed by atoms with E-state index in [4.69, 9.17) is 4.74 Å². The molecule has 0 aromatic carbocycles. The Balaban J connectivity index is 2.93. The summed E-state index contributed by atoms with van der Waals surface area (Å²) in [5, 5.41) is 0. The van der Waals surface area contributed by atoms with E-state index in [1.165, 1.54) is 0 Å². The number of carbonyl (C=O) groups excluding carboxylic acids is 1. The van der Waals surface area contributed by atoms with Gasteiger partial charge in [-0.1, -0.05) is 48.6 Å². The van der Waals surface area contributed by atoms with E-state index < -0.39 is 0 Å². The molecule has 0 radical (unpaired) electrons. The van der Waals surface area contributed by atoms with Gasteiger partial charge in [0.2, 0.25) is 0 Å². The molecule has 98 valence electrons. The molecule has 0 saturated carbocycles. The Morgan fingerprint density at radius 1 is 1.47 bits per heavy atom. The van der Waals surface area contributed by atoms with Gasteiger partial charge in [-0.05, 0) is 32.6 Å². The molecule has 1 aliphatic heterocycles. The number of esters is 1. The number of carbonyl (C=O) groups is 1. The summed E-state index contributed by atoms with van der Waals surface area (Å²) in [6.07, 6.45) is 6.33. The van der Waals surface area contributed by atoms with Crippen molar-refractivity contribution in [2.24, 2.45) is 17.8 Å². The summed E-state index contributed by atoms with van der Waals surface area (Å²) in [6, 6.07) is 0. The Labute approximate surface area is 118 Å².